The summed E-state index contributed by atoms with van der Waals surface area (Å²) in [5, 5.41) is 1.30. The normalized spacial score (nSPS) is 16.8. The van der Waals surface area contributed by atoms with Crippen LogP contribution in [-0.2, 0) is 0 Å². The molecule has 2 rings (SSSR count). The van der Waals surface area contributed by atoms with Gasteiger partial charge in [-0.1, -0.05) is 0 Å². The topological polar surface area (TPSA) is 17.1 Å². The minimum absolute atomic E-state index is 0.279. The predicted molar refractivity (Wildman–Crippen MR) is 49.4 cm³/mol. The van der Waals surface area contributed by atoms with Crippen molar-refractivity contribution in [3.05, 3.63) is 8.85 Å². The molecule has 0 N–H and O–H groups in total. The van der Waals surface area contributed by atoms with E-state index >= 15 is 0 Å². The zero-order chi connectivity index (χ0) is 6.97. The fraction of sp³-hybridized carbons (Fsp3) is 0.400. The fourth-order valence-corrected chi connectivity index (χ4v) is 8.36. The molecule has 0 aliphatic carbocycles. The average molecular weight is 255 g/mol. The fourth-order valence-electron chi connectivity index (χ4n) is 0.701. The second kappa shape index (κ2) is 2.99. The molecule has 0 amide bonds. The van der Waals surface area contributed by atoms with Crippen molar-refractivity contribution in [3.63, 3.8) is 0 Å². The summed E-state index contributed by atoms with van der Waals surface area (Å²) in [6, 6.07) is 0. The van der Waals surface area contributed by atoms with E-state index in [1.54, 1.807) is 0 Å². The maximum atomic E-state index is 10.9. The van der Waals surface area contributed by atoms with E-state index in [-0.39, 0.29) is 4.06 Å². The third-order valence-corrected chi connectivity index (χ3v) is 8.56. The Bertz CT molecular complexity index is 263. The molecule has 0 saturated carbocycles. The molecule has 1 aromatic heterocycles. The van der Waals surface area contributed by atoms with Crippen LogP contribution in [0.2, 0.25) is 5.32 Å². The van der Waals surface area contributed by atoms with Gasteiger partial charge in [0.25, 0.3) is 0 Å². The van der Waals surface area contributed by atoms with Crippen LogP contribution in [0.5, 0.6) is 0 Å². The van der Waals surface area contributed by atoms with Crippen molar-refractivity contribution in [2.45, 2.75) is 9.53 Å². The van der Waals surface area contributed by atoms with Gasteiger partial charge in [-0.2, -0.15) is 0 Å². The number of thioether (sulfide) groups is 1. The Hall–Kier alpha value is 0.719. The Morgan fingerprint density at radius 2 is 2.30 bits per heavy atom. The van der Waals surface area contributed by atoms with Crippen molar-refractivity contribution in [3.8, 4) is 0 Å². The van der Waals surface area contributed by atoms with Crippen LogP contribution in [-0.4, -0.2) is 20.7 Å². The predicted octanol–water partition coefficient (Wildman–Crippen LogP) is 1.02. The summed E-state index contributed by atoms with van der Waals surface area (Å²) >= 11 is 5.36. The molecule has 5 heteroatoms. The SMILES string of the molecule is O=c1sc2c(s1)[Se]CCS2. The van der Waals surface area contributed by atoms with Gasteiger partial charge in [0.15, 0.2) is 0 Å². The Labute approximate surface area is 77.0 Å². The van der Waals surface area contributed by atoms with Crippen LogP contribution >= 0.6 is 34.4 Å². The van der Waals surface area contributed by atoms with Crippen LogP contribution in [0.4, 0.5) is 0 Å². The summed E-state index contributed by atoms with van der Waals surface area (Å²) < 4.78 is 2.97. The van der Waals surface area contributed by atoms with E-state index < -0.39 is 0 Å². The Morgan fingerprint density at radius 1 is 1.40 bits per heavy atom. The van der Waals surface area contributed by atoms with Gasteiger partial charge in [-0.15, -0.1) is 0 Å². The van der Waals surface area contributed by atoms with Gasteiger partial charge in [0.05, 0.1) is 0 Å². The number of rotatable bonds is 0. The number of hydrogen-bond donors (Lipinski definition) is 0. The molecule has 2 heterocycles. The Morgan fingerprint density at radius 3 is 3.10 bits per heavy atom. The average Bonchev–Trinajstić information content (AvgIpc) is 2.27. The van der Waals surface area contributed by atoms with E-state index in [0.29, 0.717) is 15.0 Å². The number of hydrogen-bond acceptors (Lipinski definition) is 4. The van der Waals surface area contributed by atoms with Crippen LogP contribution in [0.15, 0.2) is 9.00 Å². The van der Waals surface area contributed by atoms with Crippen molar-refractivity contribution in [2.24, 2.45) is 0 Å². The van der Waals surface area contributed by atoms with E-state index in [0.717, 1.165) is 0 Å². The van der Waals surface area contributed by atoms with Crippen molar-refractivity contribution in [1.29, 1.82) is 0 Å². The molecule has 1 aliphatic heterocycles. The zero-order valence-corrected chi connectivity index (χ0v) is 9.12. The molecule has 0 unspecified atom stereocenters. The van der Waals surface area contributed by atoms with Gasteiger partial charge < -0.3 is 0 Å². The molecule has 0 saturated heterocycles. The zero-order valence-electron chi connectivity index (χ0n) is 4.96. The molecule has 10 heavy (non-hydrogen) atoms. The first kappa shape index (κ1) is 7.37. The standard InChI is InChI=1S/C5H4OS3Se/c6-5-8-3-4(9-5)10-2-1-7-3/h1-2H2. The summed E-state index contributed by atoms with van der Waals surface area (Å²) in [6.07, 6.45) is 0. The minimum atomic E-state index is 0.279. The molecule has 1 aromatic rings. The summed E-state index contributed by atoms with van der Waals surface area (Å²) in [5.41, 5.74) is 0. The summed E-state index contributed by atoms with van der Waals surface area (Å²) in [6.45, 7) is 0. The summed E-state index contributed by atoms with van der Waals surface area (Å²) in [4.78, 5) is 10.9. The molecular weight excluding hydrogens is 251 g/mol. The third kappa shape index (κ3) is 1.34. The van der Waals surface area contributed by atoms with Gasteiger partial charge in [-0.25, -0.2) is 0 Å². The third-order valence-electron chi connectivity index (χ3n) is 1.07. The van der Waals surface area contributed by atoms with Crippen LogP contribution < -0.4 is 7.83 Å². The molecule has 54 valence electrons. The van der Waals surface area contributed by atoms with Gasteiger partial charge in [0.1, 0.15) is 0 Å². The van der Waals surface area contributed by atoms with E-state index in [1.165, 1.54) is 41.7 Å². The van der Waals surface area contributed by atoms with Crippen molar-refractivity contribution < 1.29 is 0 Å². The quantitative estimate of drug-likeness (QED) is 0.644. The van der Waals surface area contributed by atoms with E-state index in [1.807, 2.05) is 11.8 Å². The van der Waals surface area contributed by atoms with E-state index in [2.05, 4.69) is 0 Å². The Balaban J connectivity index is 2.50. The van der Waals surface area contributed by atoms with Crippen molar-refractivity contribution in [1.82, 2.24) is 0 Å². The van der Waals surface area contributed by atoms with Crippen LogP contribution in [0.1, 0.15) is 0 Å². The Kier molecular flexibility index (Phi) is 2.20. The summed E-state index contributed by atoms with van der Waals surface area (Å²) in [7, 11) is 0. The van der Waals surface area contributed by atoms with Crippen LogP contribution in [0.3, 0.4) is 0 Å². The van der Waals surface area contributed by atoms with Gasteiger partial charge in [0, 0.05) is 0 Å². The molecule has 0 atom stereocenters. The van der Waals surface area contributed by atoms with Gasteiger partial charge in [-0.3, -0.25) is 0 Å². The van der Waals surface area contributed by atoms with Crippen LogP contribution in [0.25, 0.3) is 0 Å². The van der Waals surface area contributed by atoms with E-state index in [4.69, 9.17) is 0 Å². The molecule has 0 fully saturated rings. The molecule has 0 aromatic carbocycles. The van der Waals surface area contributed by atoms with E-state index in [9.17, 15) is 4.79 Å². The second-order valence-electron chi connectivity index (χ2n) is 1.73. The molecule has 1 aliphatic rings. The van der Waals surface area contributed by atoms with Gasteiger partial charge >= 0.3 is 77.3 Å². The number of fused-ring (bicyclic) bond motifs is 1. The first-order chi connectivity index (χ1) is 4.86. The van der Waals surface area contributed by atoms with Gasteiger partial charge in [-0.05, 0) is 0 Å². The molecular formula is C5H4OS3Se. The molecule has 0 spiro atoms. The summed E-state index contributed by atoms with van der Waals surface area (Å²) in [5.74, 6) is 1.22. The monoisotopic (exact) mass is 256 g/mol. The second-order valence-corrected chi connectivity index (χ2v) is 8.22. The van der Waals surface area contributed by atoms with Gasteiger partial charge in [0.2, 0.25) is 0 Å². The van der Waals surface area contributed by atoms with Crippen LogP contribution in [0, 0.1) is 0 Å². The van der Waals surface area contributed by atoms with Crippen molar-refractivity contribution in [2.75, 3.05) is 5.75 Å². The molecule has 0 radical (unpaired) electrons. The first-order valence-electron chi connectivity index (χ1n) is 2.76. The maximum absolute atomic E-state index is 10.9. The van der Waals surface area contributed by atoms with Crippen molar-refractivity contribution >= 4 is 53.2 Å². The molecule has 0 bridgehead atoms. The molecule has 1 nitrogen and oxygen atoms in total. The first-order valence-corrected chi connectivity index (χ1v) is 7.44.